The first-order valence-corrected chi connectivity index (χ1v) is 7.61. The Morgan fingerprint density at radius 1 is 1.08 bits per heavy atom. The molecule has 3 N–H and O–H groups in total. The SMILES string of the molecule is Nc1c(NCc2nncn2-c2ccccc2)ncnc1-n1cccn1. The Kier molecular flexibility index (Phi) is 3.79. The second-order valence-electron chi connectivity index (χ2n) is 5.22. The van der Waals surface area contributed by atoms with Gasteiger partial charge in [-0.2, -0.15) is 5.10 Å². The standard InChI is InChI=1S/C16H15N9/c17-14-15(19-10-20-16(14)25-8-4-7-22-25)18-9-13-23-21-11-24(13)12-5-2-1-3-6-12/h1-8,10-11H,9,17H2,(H,18,19,20). The van der Waals surface area contributed by atoms with Crippen LogP contribution in [0.1, 0.15) is 5.82 Å². The summed E-state index contributed by atoms with van der Waals surface area (Å²) < 4.78 is 3.49. The molecule has 0 radical (unpaired) electrons. The Morgan fingerprint density at radius 2 is 1.96 bits per heavy atom. The van der Waals surface area contributed by atoms with E-state index >= 15 is 0 Å². The highest BCUT2D eigenvalue weighted by Crippen LogP contribution is 2.21. The minimum Gasteiger partial charge on any atom is -0.393 e. The van der Waals surface area contributed by atoms with Gasteiger partial charge in [-0.1, -0.05) is 18.2 Å². The summed E-state index contributed by atoms with van der Waals surface area (Å²) in [5.74, 6) is 1.78. The first kappa shape index (κ1) is 14.8. The smallest absolute Gasteiger partial charge is 0.181 e. The highest BCUT2D eigenvalue weighted by Gasteiger charge is 2.12. The molecule has 0 spiro atoms. The molecule has 4 rings (SSSR count). The zero-order valence-electron chi connectivity index (χ0n) is 13.2. The fraction of sp³-hybridized carbons (Fsp3) is 0.0625. The summed E-state index contributed by atoms with van der Waals surface area (Å²) in [6.45, 7) is 0.411. The van der Waals surface area contributed by atoms with Crippen LogP contribution in [0.5, 0.6) is 0 Å². The summed E-state index contributed by atoms with van der Waals surface area (Å²) in [7, 11) is 0. The van der Waals surface area contributed by atoms with Crippen LogP contribution in [0.3, 0.4) is 0 Å². The van der Waals surface area contributed by atoms with Gasteiger partial charge in [-0.3, -0.25) is 4.57 Å². The molecule has 3 heterocycles. The predicted octanol–water partition coefficient (Wildman–Crippen LogP) is 1.44. The van der Waals surface area contributed by atoms with Crippen LogP contribution >= 0.6 is 0 Å². The third-order valence-electron chi connectivity index (χ3n) is 3.65. The maximum absolute atomic E-state index is 6.17. The molecule has 0 unspecified atom stereocenters. The van der Waals surface area contributed by atoms with Gasteiger partial charge in [0, 0.05) is 18.1 Å². The Labute approximate surface area is 143 Å². The molecule has 0 bridgehead atoms. The van der Waals surface area contributed by atoms with Crippen LogP contribution in [-0.2, 0) is 6.54 Å². The molecule has 1 aromatic carbocycles. The monoisotopic (exact) mass is 333 g/mol. The lowest BCUT2D eigenvalue weighted by molar-refractivity contribution is 0.839. The number of nitrogens with zero attached hydrogens (tertiary/aromatic N) is 7. The van der Waals surface area contributed by atoms with E-state index in [2.05, 4.69) is 30.6 Å². The minimum atomic E-state index is 0.411. The number of hydrogen-bond donors (Lipinski definition) is 2. The average molecular weight is 333 g/mol. The Morgan fingerprint density at radius 3 is 2.76 bits per heavy atom. The minimum absolute atomic E-state index is 0.411. The van der Waals surface area contributed by atoms with Crippen molar-refractivity contribution < 1.29 is 0 Å². The number of para-hydroxylation sites is 1. The maximum atomic E-state index is 6.17. The number of anilines is 2. The highest BCUT2D eigenvalue weighted by molar-refractivity contribution is 5.68. The van der Waals surface area contributed by atoms with Gasteiger partial charge in [0.05, 0.1) is 6.54 Å². The molecule has 0 aliphatic rings. The van der Waals surface area contributed by atoms with Gasteiger partial charge in [-0.05, 0) is 18.2 Å². The van der Waals surface area contributed by atoms with E-state index < -0.39 is 0 Å². The molecule has 4 aromatic rings. The normalized spacial score (nSPS) is 10.7. The summed E-state index contributed by atoms with van der Waals surface area (Å²) in [5.41, 5.74) is 7.57. The molecular formula is C16H15N9. The number of nitrogens with one attached hydrogen (secondary N) is 1. The van der Waals surface area contributed by atoms with Gasteiger partial charge in [-0.25, -0.2) is 14.6 Å². The average Bonchev–Trinajstić information content (AvgIpc) is 3.33. The van der Waals surface area contributed by atoms with Crippen LogP contribution in [0.4, 0.5) is 11.5 Å². The van der Waals surface area contributed by atoms with Gasteiger partial charge in [0.15, 0.2) is 17.5 Å². The molecule has 0 aliphatic carbocycles. The first-order chi connectivity index (χ1) is 12.3. The topological polar surface area (TPSA) is 112 Å². The van der Waals surface area contributed by atoms with E-state index in [4.69, 9.17) is 5.73 Å². The third kappa shape index (κ3) is 2.90. The predicted molar refractivity (Wildman–Crippen MR) is 92.3 cm³/mol. The molecule has 0 amide bonds. The Bertz CT molecular complexity index is 960. The van der Waals surface area contributed by atoms with E-state index in [-0.39, 0.29) is 0 Å². The van der Waals surface area contributed by atoms with E-state index in [1.54, 1.807) is 29.5 Å². The van der Waals surface area contributed by atoms with Crippen molar-refractivity contribution in [3.63, 3.8) is 0 Å². The van der Waals surface area contributed by atoms with Crippen LogP contribution in [0, 0.1) is 0 Å². The van der Waals surface area contributed by atoms with Crippen molar-refractivity contribution in [3.8, 4) is 11.5 Å². The summed E-state index contributed by atoms with van der Waals surface area (Å²) in [6, 6.07) is 11.7. The van der Waals surface area contributed by atoms with E-state index in [1.807, 2.05) is 34.9 Å². The van der Waals surface area contributed by atoms with Crippen molar-refractivity contribution in [2.45, 2.75) is 6.54 Å². The highest BCUT2D eigenvalue weighted by atomic mass is 15.3. The lowest BCUT2D eigenvalue weighted by Crippen LogP contribution is -2.12. The largest absolute Gasteiger partial charge is 0.393 e. The van der Waals surface area contributed by atoms with Crippen molar-refractivity contribution in [2.24, 2.45) is 0 Å². The number of nitrogens with two attached hydrogens (primary N) is 1. The van der Waals surface area contributed by atoms with Crippen molar-refractivity contribution >= 4 is 11.5 Å². The molecule has 0 aliphatic heterocycles. The molecule has 9 heteroatoms. The van der Waals surface area contributed by atoms with Crippen molar-refractivity contribution in [1.82, 2.24) is 34.5 Å². The molecule has 0 saturated carbocycles. The summed E-state index contributed by atoms with van der Waals surface area (Å²) in [4.78, 5) is 8.39. The number of benzene rings is 1. The zero-order chi connectivity index (χ0) is 17.1. The van der Waals surface area contributed by atoms with Crippen LogP contribution < -0.4 is 11.1 Å². The number of aromatic nitrogens is 7. The van der Waals surface area contributed by atoms with Gasteiger partial charge >= 0.3 is 0 Å². The van der Waals surface area contributed by atoms with Crippen molar-refractivity contribution in [1.29, 1.82) is 0 Å². The van der Waals surface area contributed by atoms with Crippen LogP contribution in [0.15, 0.2) is 61.4 Å². The Hall–Kier alpha value is -3.75. The molecular weight excluding hydrogens is 318 g/mol. The van der Waals surface area contributed by atoms with Gasteiger partial charge < -0.3 is 11.1 Å². The quantitative estimate of drug-likeness (QED) is 0.568. The lowest BCUT2D eigenvalue weighted by atomic mass is 10.3. The lowest BCUT2D eigenvalue weighted by Gasteiger charge is -2.11. The van der Waals surface area contributed by atoms with Gasteiger partial charge in [-0.15, -0.1) is 10.2 Å². The fourth-order valence-electron chi connectivity index (χ4n) is 2.45. The van der Waals surface area contributed by atoms with Crippen molar-refractivity contribution in [2.75, 3.05) is 11.1 Å². The van der Waals surface area contributed by atoms with E-state index in [9.17, 15) is 0 Å². The van der Waals surface area contributed by atoms with Gasteiger partial charge in [0.25, 0.3) is 0 Å². The van der Waals surface area contributed by atoms with E-state index in [0.717, 1.165) is 11.5 Å². The van der Waals surface area contributed by atoms with Crippen LogP contribution in [0.2, 0.25) is 0 Å². The maximum Gasteiger partial charge on any atom is 0.181 e. The summed E-state index contributed by atoms with van der Waals surface area (Å²) in [5, 5.41) is 15.5. The molecule has 0 fully saturated rings. The number of hydrogen-bond acceptors (Lipinski definition) is 7. The zero-order valence-corrected chi connectivity index (χ0v) is 13.2. The Balaban J connectivity index is 1.57. The van der Waals surface area contributed by atoms with Crippen molar-refractivity contribution in [3.05, 3.63) is 67.3 Å². The molecule has 9 nitrogen and oxygen atoms in total. The second-order valence-corrected chi connectivity index (χ2v) is 5.22. The number of rotatable bonds is 5. The second kappa shape index (κ2) is 6.40. The summed E-state index contributed by atoms with van der Waals surface area (Å²) >= 11 is 0. The fourth-order valence-corrected chi connectivity index (χ4v) is 2.45. The first-order valence-electron chi connectivity index (χ1n) is 7.61. The molecule has 0 atom stereocenters. The van der Waals surface area contributed by atoms with E-state index in [0.29, 0.717) is 23.9 Å². The van der Waals surface area contributed by atoms with Crippen LogP contribution in [-0.4, -0.2) is 34.5 Å². The van der Waals surface area contributed by atoms with Crippen LogP contribution in [0.25, 0.3) is 11.5 Å². The van der Waals surface area contributed by atoms with E-state index in [1.165, 1.54) is 6.33 Å². The van der Waals surface area contributed by atoms with Gasteiger partial charge in [0.2, 0.25) is 0 Å². The number of nitrogen functional groups attached to an aromatic ring is 1. The molecule has 0 saturated heterocycles. The third-order valence-corrected chi connectivity index (χ3v) is 3.65. The molecule has 124 valence electrons. The molecule has 25 heavy (non-hydrogen) atoms. The van der Waals surface area contributed by atoms with Gasteiger partial charge in [0.1, 0.15) is 18.3 Å². The summed E-state index contributed by atoms with van der Waals surface area (Å²) in [6.07, 6.45) is 6.55. The molecule has 3 aromatic heterocycles.